The number of hydrogen-bond acceptors (Lipinski definition) is 4. The van der Waals surface area contributed by atoms with Crippen molar-refractivity contribution in [1.29, 1.82) is 0 Å². The molecule has 189 valence electrons. The van der Waals surface area contributed by atoms with E-state index in [1.807, 2.05) is 0 Å². The average Bonchev–Trinajstić information content (AvgIpc) is 3.40. The maximum atomic E-state index is 11.6. The molecule has 0 aromatic carbocycles. The van der Waals surface area contributed by atoms with Crippen LogP contribution in [0.5, 0.6) is 0 Å². The number of methoxy groups -OCH3 is 2. The molecule has 0 aromatic rings. The quantitative estimate of drug-likeness (QED) is 0.0875. The first-order valence-electron chi connectivity index (χ1n) is 10.8. The van der Waals surface area contributed by atoms with Gasteiger partial charge in [0.1, 0.15) is 5.57 Å². The first-order valence-corrected chi connectivity index (χ1v) is 13.3. The number of esters is 1. The summed E-state index contributed by atoms with van der Waals surface area (Å²) in [6.07, 6.45) is 5.57. The van der Waals surface area contributed by atoms with Gasteiger partial charge in [-0.15, -0.1) is 0 Å². The van der Waals surface area contributed by atoms with E-state index < -0.39 is 5.97 Å². The SMILES string of the molecule is COC(=O)/C(CCC1CCCC2[I+]C12)=C(\O)OC.C[C-](C)C.C[C-](C)C.C[C-](C)C.[I-].[Ti+3]. The fraction of sp³-hybridized carbons (Fsp3) is 0.760. The number of carbonyl (C=O) groups is 1. The predicted octanol–water partition coefficient (Wildman–Crippen LogP) is 0.859. The third-order valence-corrected chi connectivity index (χ3v) is 7.95. The standard InChI is InChI=1S/C13H19IO4.3C4H9.HI.Ti/c1-17-12(15)9(13(16)18-2)7-6-8-4-3-5-10-11(8)14-10;3*1-4(2)3;;/h8,10-11H,3-7H2,1-2H3;3*1-3H3;1H;/q;3*-1;;+3. The molecule has 0 amide bonds. The van der Waals surface area contributed by atoms with Crippen molar-refractivity contribution in [2.75, 3.05) is 14.2 Å². The van der Waals surface area contributed by atoms with Gasteiger partial charge in [-0.05, 0) is 32.1 Å². The molecule has 3 unspecified atom stereocenters. The Morgan fingerprint density at radius 1 is 0.906 bits per heavy atom. The van der Waals surface area contributed by atoms with Crippen LogP contribution in [0.3, 0.4) is 0 Å². The van der Waals surface area contributed by atoms with Gasteiger partial charge < -0.3 is 56.3 Å². The fourth-order valence-corrected chi connectivity index (χ4v) is 6.56. The van der Waals surface area contributed by atoms with Gasteiger partial charge in [0.25, 0.3) is 27.2 Å². The number of aliphatic hydroxyl groups excluding tert-OH is 1. The summed E-state index contributed by atoms with van der Waals surface area (Å²) in [4.78, 5) is 11.6. The molecule has 1 radical (unpaired) electrons. The van der Waals surface area contributed by atoms with E-state index in [4.69, 9.17) is 4.74 Å². The van der Waals surface area contributed by atoms with E-state index in [2.05, 4.69) is 67.1 Å². The van der Waals surface area contributed by atoms with Crippen LogP contribution < -0.4 is 45.2 Å². The molecule has 1 aliphatic carbocycles. The first kappa shape index (κ1) is 40.2. The summed E-state index contributed by atoms with van der Waals surface area (Å²) in [6.45, 7) is 18.8. The average molecular weight is 713 g/mol. The molecule has 1 heterocycles. The van der Waals surface area contributed by atoms with E-state index in [1.54, 1.807) is 0 Å². The van der Waals surface area contributed by atoms with Crippen LogP contribution in [-0.4, -0.2) is 33.1 Å². The molecule has 7 heteroatoms. The van der Waals surface area contributed by atoms with E-state index in [0.717, 1.165) is 20.2 Å². The van der Waals surface area contributed by atoms with Gasteiger partial charge in [0.2, 0.25) is 7.85 Å². The maximum Gasteiger partial charge on any atom is 3.00 e. The zero-order chi connectivity index (χ0) is 23.9. The topological polar surface area (TPSA) is 55.8 Å². The maximum absolute atomic E-state index is 11.6. The number of carbonyl (C=O) groups excluding carboxylic acids is 1. The van der Waals surface area contributed by atoms with Crippen LogP contribution in [0.1, 0.15) is 94.4 Å². The van der Waals surface area contributed by atoms with Gasteiger partial charge in [-0.2, -0.15) is 62.3 Å². The third-order valence-electron chi connectivity index (χ3n) is 3.74. The number of halogens is 2. The van der Waals surface area contributed by atoms with Gasteiger partial charge in [-0.3, -0.25) is 0 Å². The Balaban J connectivity index is -0.000000235. The number of alkyl halides is 2. The molecule has 1 N–H and O–H groups in total. The minimum atomic E-state index is -0.479. The molecule has 1 saturated heterocycles. The first-order chi connectivity index (χ1) is 13.9. The number of fused-ring (bicyclic) bond motifs is 1. The summed E-state index contributed by atoms with van der Waals surface area (Å²) in [5, 5.41) is 9.59. The second-order valence-electron chi connectivity index (χ2n) is 9.30. The summed E-state index contributed by atoms with van der Waals surface area (Å²) in [7, 11) is 2.69. The zero-order valence-electron chi connectivity index (χ0n) is 22.2. The van der Waals surface area contributed by atoms with Crippen LogP contribution >= 0.6 is 0 Å². The molecular formula is C25H47I2O4Ti. The van der Waals surface area contributed by atoms with Crippen LogP contribution in [0.2, 0.25) is 0 Å². The number of rotatable bonds is 5. The summed E-state index contributed by atoms with van der Waals surface area (Å²) in [5.74, 6) is 4.23. The Kier molecular flexibility index (Phi) is 29.8. The Bertz CT molecular complexity index is 460. The van der Waals surface area contributed by atoms with Crippen LogP contribution in [0.4, 0.5) is 0 Å². The van der Waals surface area contributed by atoms with Crippen LogP contribution in [0, 0.1) is 23.7 Å². The summed E-state index contributed by atoms with van der Waals surface area (Å²) in [6, 6.07) is 0. The van der Waals surface area contributed by atoms with Crippen LogP contribution in [-0.2, 0) is 36.0 Å². The van der Waals surface area contributed by atoms with Gasteiger partial charge in [0.05, 0.1) is 14.2 Å². The molecule has 2 fully saturated rings. The van der Waals surface area contributed by atoms with Gasteiger partial charge >= 0.3 is 27.7 Å². The predicted molar refractivity (Wildman–Crippen MR) is 124 cm³/mol. The van der Waals surface area contributed by atoms with E-state index >= 15 is 0 Å². The second-order valence-corrected chi connectivity index (χ2v) is 13.1. The Labute approximate surface area is 242 Å². The smallest absolute Gasteiger partial charge is 1.00 e. The largest absolute Gasteiger partial charge is 3.00 e. The Hall–Kier alpha value is 0.984. The minimum Gasteiger partial charge on any atom is -1.00 e. The zero-order valence-corrected chi connectivity index (χ0v) is 28.1. The number of aliphatic hydroxyl groups is 1. The van der Waals surface area contributed by atoms with Crippen molar-refractivity contribution in [1.82, 2.24) is 0 Å². The molecule has 4 nitrogen and oxygen atoms in total. The molecule has 1 aliphatic heterocycles. The third kappa shape index (κ3) is 24.1. The summed E-state index contributed by atoms with van der Waals surface area (Å²) < 4.78 is 11.5. The van der Waals surface area contributed by atoms with Crippen LogP contribution in [0.15, 0.2) is 11.5 Å². The molecule has 32 heavy (non-hydrogen) atoms. The van der Waals surface area contributed by atoms with Crippen molar-refractivity contribution in [3.63, 3.8) is 0 Å². The van der Waals surface area contributed by atoms with Crippen LogP contribution in [0.25, 0.3) is 0 Å². The van der Waals surface area contributed by atoms with Crippen molar-refractivity contribution in [2.24, 2.45) is 5.92 Å². The molecule has 2 rings (SSSR count). The molecule has 0 bridgehead atoms. The van der Waals surface area contributed by atoms with Crippen molar-refractivity contribution in [3.8, 4) is 0 Å². The molecule has 0 spiro atoms. The molecule has 3 atom stereocenters. The normalized spacial score (nSPS) is 20.9. The summed E-state index contributed by atoms with van der Waals surface area (Å²) >= 11 is 0.433. The molecule has 0 aromatic heterocycles. The fourth-order valence-electron chi connectivity index (χ4n) is 2.68. The van der Waals surface area contributed by atoms with E-state index in [-0.39, 0.29) is 57.2 Å². The summed E-state index contributed by atoms with van der Waals surface area (Å²) in [5.41, 5.74) is 0.279. The van der Waals surface area contributed by atoms with Crippen molar-refractivity contribution < 1.29 is 86.3 Å². The Morgan fingerprint density at radius 2 is 1.34 bits per heavy atom. The molecule has 1 saturated carbocycles. The van der Waals surface area contributed by atoms with Gasteiger partial charge in [0, 0.05) is 5.92 Å². The van der Waals surface area contributed by atoms with Gasteiger partial charge in [-0.25, -0.2) is 4.79 Å². The minimum absolute atomic E-state index is 0. The van der Waals surface area contributed by atoms with Crippen molar-refractivity contribution in [3.05, 3.63) is 29.3 Å². The van der Waals surface area contributed by atoms with Crippen molar-refractivity contribution >= 4 is 5.97 Å². The Morgan fingerprint density at radius 3 is 1.72 bits per heavy atom. The molecular weight excluding hydrogens is 666 g/mol. The van der Waals surface area contributed by atoms with Gasteiger partial charge in [0.15, 0.2) is 0 Å². The van der Waals surface area contributed by atoms with Gasteiger partial charge in [-0.1, -0.05) is 0 Å². The number of hydrogen-bond donors (Lipinski definition) is 1. The number of ether oxygens (including phenoxy) is 2. The van der Waals surface area contributed by atoms with E-state index in [1.165, 1.54) is 51.2 Å². The monoisotopic (exact) mass is 713 g/mol. The molecule has 2 aliphatic rings. The van der Waals surface area contributed by atoms with Crippen molar-refractivity contribution in [2.45, 2.75) is 102 Å². The second kappa shape index (κ2) is 23.7. The van der Waals surface area contributed by atoms with E-state index in [9.17, 15) is 9.90 Å². The van der Waals surface area contributed by atoms with E-state index in [0.29, 0.717) is 27.6 Å².